The van der Waals surface area contributed by atoms with E-state index < -0.39 is 0 Å². The zero-order valence-corrected chi connectivity index (χ0v) is 12.5. The average Bonchev–Trinajstić information content (AvgIpc) is 2.44. The molecular weight excluding hydrogens is 274 g/mol. The Hall–Kier alpha value is -1.82. The van der Waals surface area contributed by atoms with Crippen molar-refractivity contribution in [3.63, 3.8) is 0 Å². The summed E-state index contributed by atoms with van der Waals surface area (Å²) in [7, 11) is 0. The summed E-state index contributed by atoms with van der Waals surface area (Å²) in [5.74, 6) is 0. The van der Waals surface area contributed by atoms with Crippen LogP contribution in [0.1, 0.15) is 13.8 Å². The molecule has 0 atom stereocenters. The number of hydrogen-bond acceptors (Lipinski definition) is 5. The number of hydrogen-bond donors (Lipinski definition) is 1. The van der Waals surface area contributed by atoms with Crippen LogP contribution in [0.2, 0.25) is 0 Å². The molecule has 0 radical (unpaired) electrons. The van der Waals surface area contributed by atoms with E-state index in [-0.39, 0.29) is 15.4 Å². The topological polar surface area (TPSA) is 68.1 Å². The quantitative estimate of drug-likeness (QED) is 0.672. The van der Waals surface area contributed by atoms with E-state index >= 15 is 0 Å². The standard InChI is InChI=1S/C14H17N3O2S/c1-14(2,20-3)9-16-12-7-6-11-10(5-4-8-15-11)13(12)17(18)19/h4-8,16H,9H2,1-3H3. The third-order valence-electron chi connectivity index (χ3n) is 3.20. The average molecular weight is 291 g/mol. The van der Waals surface area contributed by atoms with Gasteiger partial charge in [0, 0.05) is 17.5 Å². The highest BCUT2D eigenvalue weighted by atomic mass is 32.2. The van der Waals surface area contributed by atoms with Crippen LogP contribution in [0.25, 0.3) is 10.9 Å². The van der Waals surface area contributed by atoms with Gasteiger partial charge in [-0.15, -0.1) is 0 Å². The van der Waals surface area contributed by atoms with Gasteiger partial charge >= 0.3 is 5.69 Å². The predicted octanol–water partition coefficient (Wildman–Crippen LogP) is 3.70. The lowest BCUT2D eigenvalue weighted by molar-refractivity contribution is -0.382. The van der Waals surface area contributed by atoms with Gasteiger partial charge in [-0.1, -0.05) is 0 Å². The van der Waals surface area contributed by atoms with E-state index in [1.54, 1.807) is 42.2 Å². The zero-order chi connectivity index (χ0) is 14.8. The summed E-state index contributed by atoms with van der Waals surface area (Å²) in [5, 5.41) is 15.1. The molecule has 0 aliphatic rings. The summed E-state index contributed by atoms with van der Waals surface area (Å²) in [6.45, 7) is 4.85. The van der Waals surface area contributed by atoms with Crippen molar-refractivity contribution in [1.29, 1.82) is 0 Å². The molecule has 0 aliphatic heterocycles. The van der Waals surface area contributed by atoms with Gasteiger partial charge < -0.3 is 5.32 Å². The number of pyridine rings is 1. The molecule has 20 heavy (non-hydrogen) atoms. The molecule has 5 nitrogen and oxygen atoms in total. The zero-order valence-electron chi connectivity index (χ0n) is 11.7. The van der Waals surface area contributed by atoms with Crippen molar-refractivity contribution in [2.45, 2.75) is 18.6 Å². The van der Waals surface area contributed by atoms with E-state index in [1.807, 2.05) is 6.26 Å². The van der Waals surface area contributed by atoms with Gasteiger partial charge in [0.15, 0.2) is 0 Å². The Bertz CT molecular complexity index is 643. The third kappa shape index (κ3) is 3.01. The number of thioether (sulfide) groups is 1. The summed E-state index contributed by atoms with van der Waals surface area (Å²) in [6, 6.07) is 6.97. The molecule has 0 unspecified atom stereocenters. The van der Waals surface area contributed by atoms with Crippen LogP contribution in [-0.4, -0.2) is 27.5 Å². The van der Waals surface area contributed by atoms with Crippen molar-refractivity contribution in [2.75, 3.05) is 18.1 Å². The smallest absolute Gasteiger partial charge is 0.301 e. The van der Waals surface area contributed by atoms with Crippen LogP contribution in [0.5, 0.6) is 0 Å². The maximum atomic E-state index is 11.4. The van der Waals surface area contributed by atoms with Gasteiger partial charge in [-0.2, -0.15) is 11.8 Å². The summed E-state index contributed by atoms with van der Waals surface area (Å²) >= 11 is 1.72. The molecule has 0 amide bonds. The number of anilines is 1. The number of fused-ring (bicyclic) bond motifs is 1. The highest BCUT2D eigenvalue weighted by Crippen LogP contribution is 2.33. The molecule has 106 valence electrons. The number of nitrogens with one attached hydrogen (secondary N) is 1. The lowest BCUT2D eigenvalue weighted by Gasteiger charge is -2.23. The molecule has 1 heterocycles. The van der Waals surface area contributed by atoms with Crippen LogP contribution in [0.4, 0.5) is 11.4 Å². The Morgan fingerprint density at radius 3 is 2.80 bits per heavy atom. The number of rotatable bonds is 5. The first-order chi connectivity index (χ1) is 9.44. The van der Waals surface area contributed by atoms with Crippen molar-refractivity contribution in [3.05, 3.63) is 40.6 Å². The number of nitro benzene ring substituents is 1. The molecule has 2 aromatic rings. The predicted molar refractivity (Wildman–Crippen MR) is 84.5 cm³/mol. The fourth-order valence-electron chi connectivity index (χ4n) is 1.86. The fraction of sp³-hybridized carbons (Fsp3) is 0.357. The molecule has 0 spiro atoms. The number of benzene rings is 1. The Kier molecular flexibility index (Phi) is 4.13. The molecule has 1 aromatic carbocycles. The van der Waals surface area contributed by atoms with E-state index in [0.717, 1.165) is 0 Å². The minimum absolute atomic E-state index is 0.0117. The summed E-state index contributed by atoms with van der Waals surface area (Å²) < 4.78 is 0.0117. The molecule has 0 aliphatic carbocycles. The van der Waals surface area contributed by atoms with Crippen molar-refractivity contribution >= 4 is 34.0 Å². The molecule has 6 heteroatoms. The number of aromatic nitrogens is 1. The minimum Gasteiger partial charge on any atom is -0.378 e. The van der Waals surface area contributed by atoms with E-state index in [4.69, 9.17) is 0 Å². The van der Waals surface area contributed by atoms with Crippen LogP contribution in [0.3, 0.4) is 0 Å². The van der Waals surface area contributed by atoms with Crippen LogP contribution >= 0.6 is 11.8 Å². The van der Waals surface area contributed by atoms with Crippen LogP contribution < -0.4 is 5.32 Å². The Labute approximate surface area is 121 Å². The van der Waals surface area contributed by atoms with Gasteiger partial charge in [-0.3, -0.25) is 15.1 Å². The lowest BCUT2D eigenvalue weighted by atomic mass is 10.1. The first-order valence-corrected chi connectivity index (χ1v) is 7.48. The van der Waals surface area contributed by atoms with Gasteiger partial charge in [0.1, 0.15) is 5.69 Å². The van der Waals surface area contributed by atoms with Gasteiger partial charge in [0.05, 0.1) is 15.8 Å². The molecule has 0 saturated heterocycles. The lowest BCUT2D eigenvalue weighted by Crippen LogP contribution is -2.26. The first-order valence-electron chi connectivity index (χ1n) is 6.26. The van der Waals surface area contributed by atoms with E-state index in [1.165, 1.54) is 0 Å². The summed E-state index contributed by atoms with van der Waals surface area (Å²) in [6.07, 6.45) is 3.66. The summed E-state index contributed by atoms with van der Waals surface area (Å²) in [4.78, 5) is 15.2. The second kappa shape index (κ2) is 5.66. The highest BCUT2D eigenvalue weighted by Gasteiger charge is 2.21. The number of nitrogens with zero attached hydrogens (tertiary/aromatic N) is 2. The second-order valence-electron chi connectivity index (χ2n) is 5.11. The second-order valence-corrected chi connectivity index (χ2v) is 6.62. The molecule has 1 N–H and O–H groups in total. The van der Waals surface area contributed by atoms with Gasteiger partial charge in [0.2, 0.25) is 0 Å². The number of nitro groups is 1. The molecule has 0 fully saturated rings. The monoisotopic (exact) mass is 291 g/mol. The molecule has 2 rings (SSSR count). The minimum atomic E-state index is -0.349. The molecule has 0 bridgehead atoms. The molecular formula is C14H17N3O2S. The Morgan fingerprint density at radius 1 is 1.40 bits per heavy atom. The van der Waals surface area contributed by atoms with E-state index in [2.05, 4.69) is 24.1 Å². The van der Waals surface area contributed by atoms with Crippen molar-refractivity contribution in [3.8, 4) is 0 Å². The third-order valence-corrected chi connectivity index (χ3v) is 4.45. The van der Waals surface area contributed by atoms with Crippen molar-refractivity contribution < 1.29 is 4.92 Å². The maximum Gasteiger partial charge on any atom is 0.301 e. The van der Waals surface area contributed by atoms with E-state index in [9.17, 15) is 10.1 Å². The molecule has 1 aromatic heterocycles. The van der Waals surface area contributed by atoms with Gasteiger partial charge in [-0.25, -0.2) is 0 Å². The van der Waals surface area contributed by atoms with Crippen LogP contribution in [0, 0.1) is 10.1 Å². The van der Waals surface area contributed by atoms with Crippen LogP contribution in [0.15, 0.2) is 30.5 Å². The van der Waals surface area contributed by atoms with Gasteiger partial charge in [0.25, 0.3) is 0 Å². The van der Waals surface area contributed by atoms with Crippen molar-refractivity contribution in [2.24, 2.45) is 0 Å². The first kappa shape index (κ1) is 14.6. The Morgan fingerprint density at radius 2 is 2.15 bits per heavy atom. The normalized spacial score (nSPS) is 11.6. The summed E-state index contributed by atoms with van der Waals surface area (Å²) in [5.41, 5.74) is 1.26. The van der Waals surface area contributed by atoms with E-state index in [0.29, 0.717) is 23.1 Å². The SMILES string of the molecule is CSC(C)(C)CNc1ccc2ncccc2c1[N+](=O)[O-]. The van der Waals surface area contributed by atoms with Gasteiger partial charge in [-0.05, 0) is 44.4 Å². The highest BCUT2D eigenvalue weighted by molar-refractivity contribution is 7.99. The Balaban J connectivity index is 2.43. The largest absolute Gasteiger partial charge is 0.378 e. The maximum absolute atomic E-state index is 11.4. The fourth-order valence-corrected chi connectivity index (χ4v) is 2.07. The van der Waals surface area contributed by atoms with Crippen LogP contribution in [-0.2, 0) is 0 Å². The molecule has 0 saturated carbocycles. The van der Waals surface area contributed by atoms with Crippen molar-refractivity contribution in [1.82, 2.24) is 4.98 Å².